The molecule has 25 heavy (non-hydrogen) atoms. The Labute approximate surface area is 177 Å². The van der Waals surface area contributed by atoms with Crippen LogP contribution >= 0.6 is 69.6 Å². The number of carbonyl (C=O) groups excluding carboxylic acids is 2. The number of amides is 1. The van der Waals surface area contributed by atoms with Crippen molar-refractivity contribution in [2.45, 2.75) is 46.3 Å². The maximum absolute atomic E-state index is 12.2. The zero-order valence-electron chi connectivity index (χ0n) is 13.9. The Bertz CT molecular complexity index is 462. The van der Waals surface area contributed by atoms with Crippen LogP contribution in [0.15, 0.2) is 0 Å². The van der Waals surface area contributed by atoms with Crippen LogP contribution in [0.25, 0.3) is 0 Å². The van der Waals surface area contributed by atoms with Gasteiger partial charge in [0.15, 0.2) is 14.4 Å². The van der Waals surface area contributed by atoms with Crippen LogP contribution in [0.3, 0.4) is 0 Å². The Morgan fingerprint density at radius 2 is 1.40 bits per heavy atom. The van der Waals surface area contributed by atoms with Crippen LogP contribution in [0.1, 0.15) is 6.92 Å². The summed E-state index contributed by atoms with van der Waals surface area (Å²) in [4.78, 5) is 24.1. The van der Waals surface area contributed by atoms with Gasteiger partial charge in [-0.1, -0.05) is 69.6 Å². The number of nitrogens with one attached hydrogen (secondary N) is 1. The second-order valence-electron chi connectivity index (χ2n) is 5.97. The van der Waals surface area contributed by atoms with E-state index in [0.29, 0.717) is 0 Å². The lowest BCUT2D eigenvalue weighted by atomic mass is 10.2. The molecular weight excluding hydrogens is 479 g/mol. The van der Waals surface area contributed by atoms with Gasteiger partial charge in [-0.15, -0.1) is 0 Å². The molecule has 0 aromatic heterocycles. The first-order valence-electron chi connectivity index (χ1n) is 6.91. The molecule has 1 N–H and O–H groups in total. The number of carbonyl (C=O) groups is 2. The molecule has 148 valence electrons. The fraction of sp³-hybridized carbons (Fsp3) is 0.833. The first-order valence-corrected chi connectivity index (χ1v) is 12.6. The van der Waals surface area contributed by atoms with Gasteiger partial charge in [-0.05, 0) is 26.6 Å². The quantitative estimate of drug-likeness (QED) is 0.316. The SMILES string of the molecule is C[C@@H](O[Si](C)(C)C)[C@@H](NC(=O)OCC(Cl)(Cl)Cl)C(=O)OCC(Cl)(Cl)Cl. The standard InChI is InChI=1S/C12H19Cl6NO5Si/c1-7(24-25(2,3)4)8(9(20)22-5-11(13,14)15)19-10(21)23-6-12(16,17)18/h7-8H,5-6H2,1-4H3,(H,19,21)/t7-,8-/m1/s1. The summed E-state index contributed by atoms with van der Waals surface area (Å²) in [7, 11) is -2.03. The topological polar surface area (TPSA) is 73.9 Å². The highest BCUT2D eigenvalue weighted by Crippen LogP contribution is 2.27. The summed E-state index contributed by atoms with van der Waals surface area (Å²) in [5.41, 5.74) is 0. The summed E-state index contributed by atoms with van der Waals surface area (Å²) < 4.78 is 11.8. The van der Waals surface area contributed by atoms with Crippen molar-refractivity contribution in [3.8, 4) is 0 Å². The van der Waals surface area contributed by atoms with E-state index in [1.807, 2.05) is 19.6 Å². The maximum Gasteiger partial charge on any atom is 0.408 e. The molecule has 0 spiro atoms. The number of esters is 1. The van der Waals surface area contributed by atoms with E-state index in [4.69, 9.17) is 83.5 Å². The molecule has 6 nitrogen and oxygen atoms in total. The second-order valence-corrected chi connectivity index (χ2v) is 15.5. The van der Waals surface area contributed by atoms with Gasteiger partial charge in [0, 0.05) is 0 Å². The first-order chi connectivity index (χ1) is 11.0. The van der Waals surface area contributed by atoms with E-state index in [1.54, 1.807) is 6.92 Å². The molecular formula is C12H19Cl6NO5Si. The van der Waals surface area contributed by atoms with Crippen molar-refractivity contribution in [2.24, 2.45) is 0 Å². The normalized spacial score (nSPS) is 15.3. The van der Waals surface area contributed by atoms with Gasteiger partial charge in [-0.3, -0.25) is 0 Å². The number of hydrogen-bond donors (Lipinski definition) is 1. The zero-order valence-corrected chi connectivity index (χ0v) is 19.4. The third-order valence-electron chi connectivity index (χ3n) is 2.28. The van der Waals surface area contributed by atoms with Crippen LogP contribution in [0.4, 0.5) is 4.79 Å². The molecule has 0 saturated heterocycles. The minimum Gasteiger partial charge on any atom is -0.460 e. The molecule has 0 radical (unpaired) electrons. The van der Waals surface area contributed by atoms with Gasteiger partial charge in [0.1, 0.15) is 13.2 Å². The largest absolute Gasteiger partial charge is 0.460 e. The van der Waals surface area contributed by atoms with Gasteiger partial charge in [0.25, 0.3) is 0 Å². The third-order valence-corrected chi connectivity index (χ3v) is 4.01. The lowest BCUT2D eigenvalue weighted by Crippen LogP contribution is -2.52. The smallest absolute Gasteiger partial charge is 0.408 e. The summed E-state index contributed by atoms with van der Waals surface area (Å²) >= 11 is 33.1. The fourth-order valence-corrected chi connectivity index (χ4v) is 3.13. The molecule has 0 fully saturated rings. The molecule has 0 heterocycles. The third kappa shape index (κ3) is 14.4. The Hall–Kier alpha value is 0.657. The highest BCUT2D eigenvalue weighted by molar-refractivity contribution is 6.70. The maximum atomic E-state index is 12.2. The fourth-order valence-electron chi connectivity index (χ4n) is 1.55. The Balaban J connectivity index is 5.00. The minimum absolute atomic E-state index is 0.502. The van der Waals surface area contributed by atoms with Crippen molar-refractivity contribution in [3.05, 3.63) is 0 Å². The average molecular weight is 498 g/mol. The van der Waals surface area contributed by atoms with E-state index in [-0.39, 0.29) is 0 Å². The summed E-state index contributed by atoms with van der Waals surface area (Å²) in [6.07, 6.45) is -1.72. The second kappa shape index (κ2) is 10.3. The van der Waals surface area contributed by atoms with Crippen molar-refractivity contribution in [1.29, 1.82) is 0 Å². The Morgan fingerprint density at radius 1 is 0.960 bits per heavy atom. The van der Waals surface area contributed by atoms with Crippen molar-refractivity contribution in [1.82, 2.24) is 5.32 Å². The van der Waals surface area contributed by atoms with E-state index in [0.717, 1.165) is 0 Å². The van der Waals surface area contributed by atoms with Crippen LogP contribution < -0.4 is 5.32 Å². The van der Waals surface area contributed by atoms with E-state index in [2.05, 4.69) is 5.32 Å². The van der Waals surface area contributed by atoms with Gasteiger partial charge in [0.2, 0.25) is 7.59 Å². The molecule has 0 aliphatic rings. The lowest BCUT2D eigenvalue weighted by Gasteiger charge is -2.29. The predicted octanol–water partition coefficient (Wildman–Crippen LogP) is 4.60. The summed E-state index contributed by atoms with van der Waals surface area (Å²) in [6.45, 7) is 6.31. The highest BCUT2D eigenvalue weighted by atomic mass is 35.6. The van der Waals surface area contributed by atoms with Gasteiger partial charge in [-0.2, -0.15) is 0 Å². The van der Waals surface area contributed by atoms with E-state index in [9.17, 15) is 9.59 Å². The van der Waals surface area contributed by atoms with Gasteiger partial charge >= 0.3 is 12.1 Å². The van der Waals surface area contributed by atoms with Gasteiger partial charge < -0.3 is 19.2 Å². The molecule has 0 unspecified atom stereocenters. The number of alkyl halides is 6. The van der Waals surface area contributed by atoms with Crippen molar-refractivity contribution in [3.63, 3.8) is 0 Å². The number of hydrogen-bond acceptors (Lipinski definition) is 5. The zero-order chi connectivity index (χ0) is 20.1. The lowest BCUT2D eigenvalue weighted by molar-refractivity contribution is -0.148. The van der Waals surface area contributed by atoms with Crippen molar-refractivity contribution in [2.75, 3.05) is 13.2 Å². The number of alkyl carbamates (subject to hydrolysis) is 1. The summed E-state index contributed by atoms with van der Waals surface area (Å²) in [5.74, 6) is -0.858. The molecule has 0 aliphatic heterocycles. The number of ether oxygens (including phenoxy) is 2. The molecule has 2 atom stereocenters. The van der Waals surface area contributed by atoms with Crippen LogP contribution in [0.2, 0.25) is 19.6 Å². The minimum atomic E-state index is -2.03. The van der Waals surface area contributed by atoms with E-state index in [1.165, 1.54) is 0 Å². The van der Waals surface area contributed by atoms with Crippen molar-refractivity contribution < 1.29 is 23.5 Å². The summed E-state index contributed by atoms with van der Waals surface area (Å²) in [5, 5.41) is 2.30. The van der Waals surface area contributed by atoms with Crippen LogP contribution in [0.5, 0.6) is 0 Å². The van der Waals surface area contributed by atoms with E-state index < -0.39 is 53.3 Å². The molecule has 0 saturated carbocycles. The van der Waals surface area contributed by atoms with E-state index >= 15 is 0 Å². The monoisotopic (exact) mass is 495 g/mol. The number of halogens is 6. The van der Waals surface area contributed by atoms with Crippen LogP contribution in [-0.4, -0.2) is 53.3 Å². The Kier molecular flexibility index (Phi) is 10.5. The molecule has 0 aromatic rings. The molecule has 0 aliphatic carbocycles. The highest BCUT2D eigenvalue weighted by Gasteiger charge is 2.35. The van der Waals surface area contributed by atoms with Crippen LogP contribution in [-0.2, 0) is 18.7 Å². The van der Waals surface area contributed by atoms with Crippen LogP contribution in [0, 0.1) is 0 Å². The van der Waals surface area contributed by atoms with Crippen molar-refractivity contribution >= 4 is 90.0 Å². The van der Waals surface area contributed by atoms with Gasteiger partial charge in [0.05, 0.1) is 6.10 Å². The summed E-state index contributed by atoms with van der Waals surface area (Å²) in [6, 6.07) is -1.21. The molecule has 0 bridgehead atoms. The average Bonchev–Trinajstić information content (AvgIpc) is 2.36. The first kappa shape index (κ1) is 25.7. The molecule has 13 heteroatoms. The molecule has 0 aromatic carbocycles. The number of rotatable bonds is 7. The van der Waals surface area contributed by atoms with Gasteiger partial charge in [-0.25, -0.2) is 9.59 Å². The molecule has 1 amide bonds. The molecule has 0 rings (SSSR count). The predicted molar refractivity (Wildman–Crippen MR) is 104 cm³/mol. The Morgan fingerprint density at radius 3 is 1.80 bits per heavy atom.